The number of hydrogen-bond donors (Lipinski definition) is 1. The molecular formula is C14H21N3O3. The number of nitrogens with one attached hydrogen (secondary N) is 1. The van der Waals surface area contributed by atoms with Crippen LogP contribution in [0, 0.1) is 10.1 Å². The van der Waals surface area contributed by atoms with E-state index in [-0.39, 0.29) is 5.69 Å². The van der Waals surface area contributed by atoms with Gasteiger partial charge in [0.1, 0.15) is 0 Å². The molecule has 0 aliphatic carbocycles. The standard InChI is InChI=1S/C14H21N3O3/c1-4-20-14-7-12(5-6-13(14)17(18)19)16-8-10(2)15-11(3)9-16/h5-7,10-11,15H,4,8-9H2,1-3H3. The van der Waals surface area contributed by atoms with Crippen LogP contribution in [0.5, 0.6) is 5.75 Å². The maximum absolute atomic E-state index is 11.0. The second-order valence-electron chi connectivity index (χ2n) is 5.22. The van der Waals surface area contributed by atoms with E-state index in [1.807, 2.05) is 6.92 Å². The number of hydrogen-bond acceptors (Lipinski definition) is 5. The van der Waals surface area contributed by atoms with Crippen LogP contribution in [0.1, 0.15) is 20.8 Å². The molecule has 0 radical (unpaired) electrons. The largest absolute Gasteiger partial charge is 0.487 e. The number of ether oxygens (including phenoxy) is 1. The highest BCUT2D eigenvalue weighted by Crippen LogP contribution is 2.32. The predicted octanol–water partition coefficient (Wildman–Crippen LogP) is 2.18. The molecule has 1 heterocycles. The molecule has 0 bridgehead atoms. The van der Waals surface area contributed by atoms with Gasteiger partial charge in [-0.15, -0.1) is 0 Å². The minimum absolute atomic E-state index is 0.0202. The van der Waals surface area contributed by atoms with Crippen LogP contribution in [0.15, 0.2) is 18.2 Å². The molecule has 2 atom stereocenters. The molecule has 0 amide bonds. The molecule has 1 aliphatic rings. The van der Waals surface area contributed by atoms with E-state index in [1.54, 1.807) is 12.1 Å². The Bertz CT molecular complexity index is 483. The summed E-state index contributed by atoms with van der Waals surface area (Å²) >= 11 is 0. The second kappa shape index (κ2) is 6.09. The van der Waals surface area contributed by atoms with Crippen molar-refractivity contribution in [2.75, 3.05) is 24.6 Å². The van der Waals surface area contributed by atoms with Gasteiger partial charge in [0.15, 0.2) is 5.75 Å². The molecule has 0 spiro atoms. The molecule has 110 valence electrons. The van der Waals surface area contributed by atoms with E-state index in [0.717, 1.165) is 18.8 Å². The Labute approximate surface area is 118 Å². The quantitative estimate of drug-likeness (QED) is 0.676. The summed E-state index contributed by atoms with van der Waals surface area (Å²) in [5, 5.41) is 14.5. The van der Waals surface area contributed by atoms with Gasteiger partial charge in [0.2, 0.25) is 0 Å². The minimum Gasteiger partial charge on any atom is -0.487 e. The Balaban J connectivity index is 2.28. The Hall–Kier alpha value is -1.82. The fourth-order valence-corrected chi connectivity index (χ4v) is 2.66. The van der Waals surface area contributed by atoms with Crippen LogP contribution >= 0.6 is 0 Å². The molecule has 0 aromatic heterocycles. The topological polar surface area (TPSA) is 67.6 Å². The molecular weight excluding hydrogens is 258 g/mol. The van der Waals surface area contributed by atoms with Crippen molar-refractivity contribution in [2.45, 2.75) is 32.9 Å². The minimum atomic E-state index is -0.405. The van der Waals surface area contributed by atoms with Crippen LogP contribution in [0.4, 0.5) is 11.4 Å². The van der Waals surface area contributed by atoms with Crippen LogP contribution in [-0.4, -0.2) is 36.7 Å². The number of anilines is 1. The molecule has 1 aromatic carbocycles. The summed E-state index contributed by atoms with van der Waals surface area (Å²) in [4.78, 5) is 12.8. The van der Waals surface area contributed by atoms with Gasteiger partial charge in [-0.2, -0.15) is 0 Å². The maximum atomic E-state index is 11.0. The summed E-state index contributed by atoms with van der Waals surface area (Å²) in [6.07, 6.45) is 0. The van der Waals surface area contributed by atoms with E-state index >= 15 is 0 Å². The first-order valence-corrected chi connectivity index (χ1v) is 6.93. The van der Waals surface area contributed by atoms with E-state index in [1.165, 1.54) is 6.07 Å². The third-order valence-corrected chi connectivity index (χ3v) is 3.36. The van der Waals surface area contributed by atoms with Gasteiger partial charge in [0.25, 0.3) is 0 Å². The molecule has 0 saturated carbocycles. The van der Waals surface area contributed by atoms with Crippen molar-refractivity contribution in [3.05, 3.63) is 28.3 Å². The molecule has 1 saturated heterocycles. The maximum Gasteiger partial charge on any atom is 0.311 e. The van der Waals surface area contributed by atoms with E-state index in [4.69, 9.17) is 4.74 Å². The van der Waals surface area contributed by atoms with Crippen molar-refractivity contribution < 1.29 is 9.66 Å². The Kier molecular flexibility index (Phi) is 4.44. The van der Waals surface area contributed by atoms with Crippen molar-refractivity contribution >= 4 is 11.4 Å². The first-order chi connectivity index (χ1) is 9.51. The third kappa shape index (κ3) is 3.19. The molecule has 1 fully saturated rings. The van der Waals surface area contributed by atoms with Crippen LogP contribution in [0.2, 0.25) is 0 Å². The fourth-order valence-electron chi connectivity index (χ4n) is 2.66. The van der Waals surface area contributed by atoms with Gasteiger partial charge in [-0.25, -0.2) is 0 Å². The summed E-state index contributed by atoms with van der Waals surface area (Å²) in [6, 6.07) is 5.88. The molecule has 20 heavy (non-hydrogen) atoms. The number of nitrogens with zero attached hydrogens (tertiary/aromatic N) is 2. The highest BCUT2D eigenvalue weighted by Gasteiger charge is 2.23. The van der Waals surface area contributed by atoms with Crippen molar-refractivity contribution in [1.29, 1.82) is 0 Å². The van der Waals surface area contributed by atoms with Gasteiger partial charge < -0.3 is 15.0 Å². The molecule has 1 aliphatic heterocycles. The summed E-state index contributed by atoms with van der Waals surface area (Å²) in [5.41, 5.74) is 0.992. The van der Waals surface area contributed by atoms with Crippen LogP contribution in [-0.2, 0) is 0 Å². The number of nitro benzene ring substituents is 1. The average Bonchev–Trinajstić information content (AvgIpc) is 2.37. The monoisotopic (exact) mass is 279 g/mol. The smallest absolute Gasteiger partial charge is 0.311 e. The predicted molar refractivity (Wildman–Crippen MR) is 78.5 cm³/mol. The van der Waals surface area contributed by atoms with Crippen molar-refractivity contribution in [3.8, 4) is 5.75 Å². The van der Waals surface area contributed by atoms with Crippen LogP contribution < -0.4 is 15.0 Å². The number of rotatable bonds is 4. The highest BCUT2D eigenvalue weighted by atomic mass is 16.6. The lowest BCUT2D eigenvalue weighted by molar-refractivity contribution is -0.385. The zero-order valence-electron chi connectivity index (χ0n) is 12.1. The van der Waals surface area contributed by atoms with E-state index in [9.17, 15) is 10.1 Å². The zero-order valence-corrected chi connectivity index (χ0v) is 12.1. The second-order valence-corrected chi connectivity index (χ2v) is 5.22. The summed E-state index contributed by atoms with van der Waals surface area (Å²) in [7, 11) is 0. The highest BCUT2D eigenvalue weighted by molar-refractivity contribution is 5.59. The van der Waals surface area contributed by atoms with Crippen LogP contribution in [0.25, 0.3) is 0 Å². The van der Waals surface area contributed by atoms with Crippen molar-refractivity contribution in [2.24, 2.45) is 0 Å². The lowest BCUT2D eigenvalue weighted by Gasteiger charge is -2.37. The number of benzene rings is 1. The summed E-state index contributed by atoms with van der Waals surface area (Å²) < 4.78 is 5.40. The van der Waals surface area contributed by atoms with E-state index < -0.39 is 4.92 Å². The zero-order chi connectivity index (χ0) is 14.7. The summed E-state index contributed by atoms with van der Waals surface area (Å²) in [5.74, 6) is 0.342. The number of piperazine rings is 1. The van der Waals surface area contributed by atoms with Gasteiger partial charge in [-0.1, -0.05) is 0 Å². The van der Waals surface area contributed by atoms with Crippen molar-refractivity contribution in [1.82, 2.24) is 5.32 Å². The Morgan fingerprint density at radius 1 is 1.40 bits per heavy atom. The average molecular weight is 279 g/mol. The first-order valence-electron chi connectivity index (χ1n) is 6.93. The molecule has 2 unspecified atom stereocenters. The lowest BCUT2D eigenvalue weighted by Crippen LogP contribution is -2.54. The van der Waals surface area contributed by atoms with E-state index in [2.05, 4.69) is 24.1 Å². The number of nitro groups is 1. The Morgan fingerprint density at radius 2 is 2.05 bits per heavy atom. The first kappa shape index (κ1) is 14.6. The van der Waals surface area contributed by atoms with Gasteiger partial charge >= 0.3 is 5.69 Å². The molecule has 1 N–H and O–H groups in total. The lowest BCUT2D eigenvalue weighted by atomic mass is 10.1. The van der Waals surface area contributed by atoms with Crippen molar-refractivity contribution in [3.63, 3.8) is 0 Å². The fraction of sp³-hybridized carbons (Fsp3) is 0.571. The molecule has 2 rings (SSSR count). The van der Waals surface area contributed by atoms with E-state index in [0.29, 0.717) is 24.4 Å². The van der Waals surface area contributed by atoms with Gasteiger partial charge in [-0.05, 0) is 26.8 Å². The molecule has 6 heteroatoms. The van der Waals surface area contributed by atoms with Gasteiger partial charge in [0.05, 0.1) is 11.5 Å². The molecule has 6 nitrogen and oxygen atoms in total. The van der Waals surface area contributed by atoms with Gasteiger partial charge in [0, 0.05) is 43.0 Å². The normalized spacial score (nSPS) is 22.6. The molecule has 1 aromatic rings. The van der Waals surface area contributed by atoms with Crippen LogP contribution in [0.3, 0.4) is 0 Å². The third-order valence-electron chi connectivity index (χ3n) is 3.36. The summed E-state index contributed by atoms with van der Waals surface area (Å²) in [6.45, 7) is 8.28. The SMILES string of the molecule is CCOc1cc(N2CC(C)NC(C)C2)ccc1[N+](=O)[O-]. The van der Waals surface area contributed by atoms with Gasteiger partial charge in [-0.3, -0.25) is 10.1 Å². The Morgan fingerprint density at radius 3 is 2.60 bits per heavy atom.